The number of rotatable bonds is 7. The summed E-state index contributed by atoms with van der Waals surface area (Å²) in [6.45, 7) is 6.46. The third-order valence-corrected chi connectivity index (χ3v) is 5.95. The predicted octanol–water partition coefficient (Wildman–Crippen LogP) is 2.99. The Morgan fingerprint density at radius 2 is 2.04 bits per heavy atom. The molecule has 0 amide bonds. The number of piperidine rings is 1. The number of aromatic nitrogens is 2. The van der Waals surface area contributed by atoms with Crippen molar-refractivity contribution >= 4 is 28.7 Å². The predicted molar refractivity (Wildman–Crippen MR) is 103 cm³/mol. The molecule has 2 heterocycles. The van der Waals surface area contributed by atoms with Gasteiger partial charge in [-0.05, 0) is 49.4 Å². The van der Waals surface area contributed by atoms with Crippen LogP contribution in [0.5, 0.6) is 0 Å². The van der Waals surface area contributed by atoms with Gasteiger partial charge in [0.25, 0.3) is 0 Å². The minimum atomic E-state index is 0.821. The molecule has 1 aromatic carbocycles. The van der Waals surface area contributed by atoms with Gasteiger partial charge in [0.15, 0.2) is 10.6 Å². The SMILES string of the molecule is CCCNc1nn(C[NH+]2CCC(Cc3ccccc3)CC2)c(=S)s1. The molecule has 1 aromatic heterocycles. The van der Waals surface area contributed by atoms with Crippen molar-refractivity contribution in [3.63, 3.8) is 0 Å². The van der Waals surface area contributed by atoms with Gasteiger partial charge >= 0.3 is 0 Å². The molecule has 0 aliphatic carbocycles. The van der Waals surface area contributed by atoms with Crippen LogP contribution >= 0.6 is 23.6 Å². The van der Waals surface area contributed by atoms with Gasteiger partial charge in [0.05, 0.1) is 13.1 Å². The molecule has 0 saturated carbocycles. The lowest BCUT2D eigenvalue weighted by molar-refractivity contribution is -0.929. The summed E-state index contributed by atoms with van der Waals surface area (Å²) in [5.41, 5.74) is 1.47. The molecule has 1 aliphatic rings. The lowest BCUT2D eigenvalue weighted by Gasteiger charge is -2.29. The number of nitrogens with one attached hydrogen (secondary N) is 2. The molecule has 4 nitrogen and oxygen atoms in total. The smallest absolute Gasteiger partial charge is 0.204 e. The van der Waals surface area contributed by atoms with E-state index < -0.39 is 0 Å². The first-order valence-electron chi connectivity index (χ1n) is 8.94. The lowest BCUT2D eigenvalue weighted by Crippen LogP contribution is -3.12. The Balaban J connectivity index is 1.48. The quantitative estimate of drug-likeness (QED) is 0.742. The van der Waals surface area contributed by atoms with E-state index >= 15 is 0 Å². The molecule has 130 valence electrons. The van der Waals surface area contributed by atoms with E-state index in [0.717, 1.165) is 34.6 Å². The van der Waals surface area contributed by atoms with Crippen LogP contribution in [-0.2, 0) is 13.1 Å². The molecule has 0 bridgehead atoms. The van der Waals surface area contributed by atoms with Gasteiger partial charge in [0.2, 0.25) is 5.13 Å². The van der Waals surface area contributed by atoms with Crippen LogP contribution in [0.4, 0.5) is 5.13 Å². The van der Waals surface area contributed by atoms with Crippen molar-refractivity contribution in [3.8, 4) is 0 Å². The number of quaternary nitrogens is 1. The molecule has 0 radical (unpaired) electrons. The highest BCUT2D eigenvalue weighted by Crippen LogP contribution is 2.17. The summed E-state index contributed by atoms with van der Waals surface area (Å²) in [5.74, 6) is 0.821. The number of likely N-dealkylation sites (tertiary alicyclic amines) is 1. The van der Waals surface area contributed by atoms with Gasteiger partial charge in [-0.2, -0.15) is 4.68 Å². The van der Waals surface area contributed by atoms with E-state index in [4.69, 9.17) is 12.2 Å². The van der Waals surface area contributed by atoms with Crippen molar-refractivity contribution in [2.75, 3.05) is 25.0 Å². The van der Waals surface area contributed by atoms with Crippen LogP contribution in [0.15, 0.2) is 30.3 Å². The zero-order valence-electron chi connectivity index (χ0n) is 14.3. The Morgan fingerprint density at radius 3 is 2.75 bits per heavy atom. The summed E-state index contributed by atoms with van der Waals surface area (Å²) in [5, 5.41) is 8.92. The summed E-state index contributed by atoms with van der Waals surface area (Å²) in [7, 11) is 0. The molecule has 1 aliphatic heterocycles. The van der Waals surface area contributed by atoms with Crippen molar-refractivity contribution in [1.29, 1.82) is 0 Å². The maximum Gasteiger partial charge on any atom is 0.204 e. The highest BCUT2D eigenvalue weighted by atomic mass is 32.1. The molecule has 6 heteroatoms. The van der Waals surface area contributed by atoms with Crippen LogP contribution in [0.25, 0.3) is 0 Å². The van der Waals surface area contributed by atoms with Crippen LogP contribution in [0.1, 0.15) is 31.7 Å². The normalized spacial score (nSPS) is 20.9. The van der Waals surface area contributed by atoms with Gasteiger partial charge in [-0.15, -0.1) is 5.10 Å². The summed E-state index contributed by atoms with van der Waals surface area (Å²) >= 11 is 7.05. The summed E-state index contributed by atoms with van der Waals surface area (Å²) in [4.78, 5) is 1.60. The van der Waals surface area contributed by atoms with Gasteiger partial charge in [-0.3, -0.25) is 0 Å². The summed E-state index contributed by atoms with van der Waals surface area (Å²) in [6.07, 6.45) is 4.91. The topological polar surface area (TPSA) is 34.3 Å². The number of hydrogen-bond donors (Lipinski definition) is 2. The molecule has 0 unspecified atom stereocenters. The molecule has 0 atom stereocenters. The average molecular weight is 364 g/mol. The molecule has 3 rings (SSSR count). The Morgan fingerprint density at radius 1 is 1.29 bits per heavy atom. The van der Waals surface area contributed by atoms with Gasteiger partial charge in [0.1, 0.15) is 0 Å². The minimum Gasteiger partial charge on any atom is -0.360 e. The van der Waals surface area contributed by atoms with E-state index in [-0.39, 0.29) is 0 Å². The largest absolute Gasteiger partial charge is 0.360 e. The van der Waals surface area contributed by atoms with Gasteiger partial charge in [-0.25, -0.2) is 0 Å². The van der Waals surface area contributed by atoms with E-state index in [1.165, 1.54) is 37.9 Å². The van der Waals surface area contributed by atoms with E-state index in [1.54, 1.807) is 16.2 Å². The number of hydrogen-bond acceptors (Lipinski definition) is 4. The van der Waals surface area contributed by atoms with Gasteiger partial charge < -0.3 is 10.2 Å². The third-order valence-electron chi connectivity index (χ3n) is 4.69. The molecule has 1 fully saturated rings. The van der Waals surface area contributed by atoms with E-state index in [0.29, 0.717) is 0 Å². The Labute approximate surface area is 153 Å². The van der Waals surface area contributed by atoms with Crippen LogP contribution in [0.3, 0.4) is 0 Å². The van der Waals surface area contributed by atoms with Crippen LogP contribution in [0.2, 0.25) is 0 Å². The van der Waals surface area contributed by atoms with Gasteiger partial charge in [-0.1, -0.05) is 48.6 Å². The van der Waals surface area contributed by atoms with Crippen molar-refractivity contribution in [3.05, 3.63) is 39.8 Å². The first kappa shape index (κ1) is 17.6. The molecular formula is C18H27N4S2+. The number of benzene rings is 1. The molecule has 2 aromatic rings. The number of nitrogens with zero attached hydrogens (tertiary/aromatic N) is 2. The number of anilines is 1. The fourth-order valence-electron chi connectivity index (χ4n) is 3.32. The molecule has 2 N–H and O–H groups in total. The highest BCUT2D eigenvalue weighted by Gasteiger charge is 2.23. The lowest BCUT2D eigenvalue weighted by atomic mass is 9.90. The summed E-state index contributed by atoms with van der Waals surface area (Å²) < 4.78 is 2.89. The molecule has 24 heavy (non-hydrogen) atoms. The Kier molecular flexibility index (Phi) is 6.40. The van der Waals surface area contributed by atoms with Crippen molar-refractivity contribution in [1.82, 2.24) is 9.78 Å². The van der Waals surface area contributed by atoms with Crippen LogP contribution < -0.4 is 10.2 Å². The highest BCUT2D eigenvalue weighted by molar-refractivity contribution is 7.73. The van der Waals surface area contributed by atoms with E-state index in [9.17, 15) is 0 Å². The standard InChI is InChI=1S/C18H26N4S2/c1-2-10-19-17-20-22(18(23)24-17)14-21-11-8-16(9-12-21)13-15-6-4-3-5-7-15/h3-7,16H,2,8-14H2,1H3,(H,19,20)/p+1. The average Bonchev–Trinajstić information content (AvgIpc) is 2.95. The maximum atomic E-state index is 5.47. The maximum absolute atomic E-state index is 5.47. The second-order valence-corrected chi connectivity index (χ2v) is 8.26. The third kappa shape index (κ3) is 4.88. The van der Waals surface area contributed by atoms with Crippen LogP contribution in [0, 0.1) is 9.87 Å². The monoisotopic (exact) mass is 363 g/mol. The fraction of sp³-hybridized carbons (Fsp3) is 0.556. The first-order chi connectivity index (χ1) is 11.7. The Bertz CT molecular complexity index is 672. The fourth-order valence-corrected chi connectivity index (χ4v) is 4.35. The van der Waals surface area contributed by atoms with Crippen molar-refractivity contribution in [2.24, 2.45) is 5.92 Å². The van der Waals surface area contributed by atoms with E-state index in [1.807, 2.05) is 4.68 Å². The second-order valence-electron chi connectivity index (χ2n) is 6.64. The molecule has 1 saturated heterocycles. The van der Waals surface area contributed by atoms with Gasteiger partial charge in [0, 0.05) is 6.54 Å². The molecule has 0 spiro atoms. The summed E-state index contributed by atoms with van der Waals surface area (Å²) in [6, 6.07) is 10.9. The molecular weight excluding hydrogens is 336 g/mol. The second kappa shape index (κ2) is 8.74. The van der Waals surface area contributed by atoms with E-state index in [2.05, 4.69) is 47.7 Å². The zero-order valence-corrected chi connectivity index (χ0v) is 16.0. The first-order valence-corrected chi connectivity index (χ1v) is 10.2. The van der Waals surface area contributed by atoms with Crippen molar-refractivity contribution < 1.29 is 4.90 Å². The van der Waals surface area contributed by atoms with Crippen molar-refractivity contribution in [2.45, 2.75) is 39.3 Å². The Hall–Kier alpha value is -1.24. The van der Waals surface area contributed by atoms with Crippen LogP contribution in [-0.4, -0.2) is 29.4 Å². The minimum absolute atomic E-state index is 0.821. The zero-order chi connectivity index (χ0) is 16.8.